The highest BCUT2D eigenvalue weighted by molar-refractivity contribution is 5.64. The summed E-state index contributed by atoms with van der Waals surface area (Å²) in [6.07, 6.45) is 2.09. The van der Waals surface area contributed by atoms with Gasteiger partial charge in [0.2, 0.25) is 0 Å². The fraction of sp³-hybridized carbons (Fsp3) is 0.333. The van der Waals surface area contributed by atoms with Crippen LogP contribution in [0, 0.1) is 19.7 Å². The summed E-state index contributed by atoms with van der Waals surface area (Å²) in [5, 5.41) is 0. The number of aromatic amines is 1. The summed E-state index contributed by atoms with van der Waals surface area (Å²) in [6.45, 7) is 3.69. The van der Waals surface area contributed by atoms with Gasteiger partial charge in [0.05, 0.1) is 5.69 Å². The van der Waals surface area contributed by atoms with Crippen molar-refractivity contribution in [3.8, 4) is 11.3 Å². The van der Waals surface area contributed by atoms with Crippen molar-refractivity contribution in [2.75, 3.05) is 0 Å². The summed E-state index contributed by atoms with van der Waals surface area (Å²) in [7, 11) is 0. The molecule has 0 unspecified atom stereocenters. The topological polar surface area (TPSA) is 45.8 Å². The third kappa shape index (κ3) is 2.30. The number of halogens is 1. The van der Waals surface area contributed by atoms with Gasteiger partial charge >= 0.3 is 0 Å². The number of aryl methyl sites for hydroxylation is 2. The average molecular weight is 258 g/mol. The first kappa shape index (κ1) is 12.1. The molecule has 0 spiro atoms. The molecular formula is C15H15FN2O. The van der Waals surface area contributed by atoms with Crippen molar-refractivity contribution in [2.24, 2.45) is 0 Å². The lowest BCUT2D eigenvalue weighted by molar-refractivity contribution is 0.628. The normalized spacial score (nSPS) is 14.7. The second-order valence-electron chi connectivity index (χ2n) is 5.23. The van der Waals surface area contributed by atoms with Crippen molar-refractivity contribution in [3.05, 3.63) is 51.3 Å². The predicted octanol–water partition coefficient (Wildman–Crippen LogP) is 3.07. The molecule has 0 bridgehead atoms. The molecule has 1 N–H and O–H groups in total. The maximum atomic E-state index is 14.1. The summed E-state index contributed by atoms with van der Waals surface area (Å²) in [4.78, 5) is 18.9. The van der Waals surface area contributed by atoms with Gasteiger partial charge in [-0.1, -0.05) is 6.07 Å². The lowest BCUT2D eigenvalue weighted by atomic mass is 10.0. The second kappa shape index (κ2) is 4.30. The number of hydrogen-bond donors (Lipinski definition) is 1. The van der Waals surface area contributed by atoms with Crippen LogP contribution in [0.1, 0.15) is 35.7 Å². The highest BCUT2D eigenvalue weighted by Gasteiger charge is 2.27. The Morgan fingerprint density at radius 3 is 2.63 bits per heavy atom. The van der Waals surface area contributed by atoms with Crippen LogP contribution in [-0.2, 0) is 0 Å². The van der Waals surface area contributed by atoms with E-state index in [1.807, 2.05) is 19.9 Å². The van der Waals surface area contributed by atoms with Crippen molar-refractivity contribution in [1.82, 2.24) is 9.97 Å². The number of nitrogens with zero attached hydrogens (tertiary/aromatic N) is 1. The van der Waals surface area contributed by atoms with Gasteiger partial charge in [-0.3, -0.25) is 4.79 Å². The highest BCUT2D eigenvalue weighted by Crippen LogP contribution is 2.38. The first-order valence-electron chi connectivity index (χ1n) is 6.43. The first-order valence-corrected chi connectivity index (χ1v) is 6.43. The number of aromatic nitrogens is 2. The van der Waals surface area contributed by atoms with Gasteiger partial charge in [0.15, 0.2) is 0 Å². The number of H-pyrrole nitrogens is 1. The van der Waals surface area contributed by atoms with Crippen LogP contribution in [0.15, 0.2) is 23.0 Å². The van der Waals surface area contributed by atoms with E-state index in [1.165, 1.54) is 12.1 Å². The summed E-state index contributed by atoms with van der Waals surface area (Å²) >= 11 is 0. The van der Waals surface area contributed by atoms with Gasteiger partial charge in [0, 0.05) is 17.5 Å². The highest BCUT2D eigenvalue weighted by atomic mass is 19.1. The molecule has 1 heterocycles. The van der Waals surface area contributed by atoms with E-state index in [1.54, 1.807) is 0 Å². The van der Waals surface area contributed by atoms with Gasteiger partial charge in [0.1, 0.15) is 11.6 Å². The summed E-state index contributed by atoms with van der Waals surface area (Å²) in [5.74, 6) is 0.695. The molecule has 2 aromatic rings. The van der Waals surface area contributed by atoms with E-state index in [4.69, 9.17) is 0 Å². The van der Waals surface area contributed by atoms with Crippen LogP contribution in [0.4, 0.5) is 4.39 Å². The quantitative estimate of drug-likeness (QED) is 0.899. The van der Waals surface area contributed by atoms with Crippen molar-refractivity contribution in [3.63, 3.8) is 0 Å². The van der Waals surface area contributed by atoms with Gasteiger partial charge in [-0.05, 0) is 43.9 Å². The van der Waals surface area contributed by atoms with Gasteiger partial charge in [-0.25, -0.2) is 9.37 Å². The molecule has 0 amide bonds. The molecule has 1 aromatic heterocycles. The fourth-order valence-electron chi connectivity index (χ4n) is 2.39. The van der Waals surface area contributed by atoms with E-state index in [0.29, 0.717) is 23.0 Å². The van der Waals surface area contributed by atoms with Gasteiger partial charge < -0.3 is 4.98 Å². The zero-order valence-electron chi connectivity index (χ0n) is 11.0. The monoisotopic (exact) mass is 258 g/mol. The Morgan fingerprint density at radius 2 is 2.00 bits per heavy atom. The minimum Gasteiger partial charge on any atom is -0.310 e. The molecule has 3 nitrogen and oxygen atoms in total. The number of nitrogens with one attached hydrogen (secondary N) is 1. The third-order valence-electron chi connectivity index (χ3n) is 3.41. The minimum absolute atomic E-state index is 0.216. The number of rotatable bonds is 2. The van der Waals surface area contributed by atoms with Crippen LogP contribution >= 0.6 is 0 Å². The smallest absolute Gasteiger partial charge is 0.251 e. The van der Waals surface area contributed by atoms with E-state index in [9.17, 15) is 9.18 Å². The van der Waals surface area contributed by atoms with Gasteiger partial charge in [0.25, 0.3) is 5.56 Å². The minimum atomic E-state index is -0.322. The molecule has 98 valence electrons. The fourth-order valence-corrected chi connectivity index (χ4v) is 2.39. The Bertz CT molecular complexity index is 679. The standard InChI is InChI=1S/C15H15FN2O/c1-8-5-9(2)14(11(16)6-8)12-7-13(19)18-15(17-12)10-3-4-10/h5-7,10H,3-4H2,1-2H3,(H,17,18,19). The van der Waals surface area contributed by atoms with Crippen LogP contribution < -0.4 is 5.56 Å². The van der Waals surface area contributed by atoms with Crippen molar-refractivity contribution >= 4 is 0 Å². The van der Waals surface area contributed by atoms with Crippen molar-refractivity contribution in [1.29, 1.82) is 0 Å². The van der Waals surface area contributed by atoms with Crippen LogP contribution in [0.3, 0.4) is 0 Å². The molecule has 3 rings (SSSR count). The molecule has 0 saturated heterocycles. The molecule has 1 aliphatic carbocycles. The Balaban J connectivity index is 2.19. The average Bonchev–Trinajstić information content (AvgIpc) is 3.10. The lowest BCUT2D eigenvalue weighted by Gasteiger charge is -2.09. The molecule has 1 aromatic carbocycles. The second-order valence-corrected chi connectivity index (χ2v) is 5.23. The van der Waals surface area contributed by atoms with Gasteiger partial charge in [-0.15, -0.1) is 0 Å². The SMILES string of the molecule is Cc1cc(C)c(-c2cc(=O)[nH]c(C3CC3)n2)c(F)c1. The van der Waals surface area contributed by atoms with E-state index in [0.717, 1.165) is 24.0 Å². The van der Waals surface area contributed by atoms with E-state index in [-0.39, 0.29) is 11.4 Å². The molecule has 0 atom stereocenters. The Morgan fingerprint density at radius 1 is 1.26 bits per heavy atom. The Hall–Kier alpha value is -1.97. The zero-order valence-corrected chi connectivity index (χ0v) is 11.0. The Kier molecular flexibility index (Phi) is 2.73. The van der Waals surface area contributed by atoms with Crippen LogP contribution in [0.2, 0.25) is 0 Å². The molecular weight excluding hydrogens is 243 g/mol. The summed E-state index contributed by atoms with van der Waals surface area (Å²) < 4.78 is 14.1. The summed E-state index contributed by atoms with van der Waals surface area (Å²) in [6, 6.07) is 4.74. The molecule has 0 aliphatic heterocycles. The first-order chi connectivity index (χ1) is 9.04. The molecule has 1 fully saturated rings. The largest absolute Gasteiger partial charge is 0.310 e. The maximum Gasteiger partial charge on any atom is 0.251 e. The maximum absolute atomic E-state index is 14.1. The molecule has 19 heavy (non-hydrogen) atoms. The van der Waals surface area contributed by atoms with Crippen LogP contribution in [0.25, 0.3) is 11.3 Å². The third-order valence-corrected chi connectivity index (χ3v) is 3.41. The molecule has 4 heteroatoms. The zero-order chi connectivity index (χ0) is 13.6. The predicted molar refractivity (Wildman–Crippen MR) is 71.7 cm³/mol. The van der Waals surface area contributed by atoms with Crippen LogP contribution in [0.5, 0.6) is 0 Å². The molecule has 1 aliphatic rings. The lowest BCUT2D eigenvalue weighted by Crippen LogP contribution is -2.11. The van der Waals surface area contributed by atoms with E-state index < -0.39 is 0 Å². The number of benzene rings is 1. The van der Waals surface area contributed by atoms with Crippen molar-refractivity contribution < 1.29 is 4.39 Å². The van der Waals surface area contributed by atoms with Crippen LogP contribution in [-0.4, -0.2) is 9.97 Å². The summed E-state index contributed by atoms with van der Waals surface area (Å²) in [5.41, 5.74) is 2.31. The van der Waals surface area contributed by atoms with Gasteiger partial charge in [-0.2, -0.15) is 0 Å². The number of hydrogen-bond acceptors (Lipinski definition) is 2. The molecule has 0 radical (unpaired) electrons. The van der Waals surface area contributed by atoms with E-state index in [2.05, 4.69) is 9.97 Å². The Labute approximate surface area is 110 Å². The van der Waals surface area contributed by atoms with E-state index >= 15 is 0 Å². The molecule has 1 saturated carbocycles. The van der Waals surface area contributed by atoms with Crippen molar-refractivity contribution in [2.45, 2.75) is 32.6 Å².